The number of hydrogen-bond acceptors (Lipinski definition) is 4. The summed E-state index contributed by atoms with van der Waals surface area (Å²) in [4.78, 5) is 0. The summed E-state index contributed by atoms with van der Waals surface area (Å²) in [6.07, 6.45) is 2.51. The highest BCUT2D eigenvalue weighted by atomic mass is 33.1. The van der Waals surface area contributed by atoms with Crippen molar-refractivity contribution in [1.82, 2.24) is 0 Å². The largest absolute Gasteiger partial charge is 0.387 e. The lowest BCUT2D eigenvalue weighted by atomic mass is 9.81. The van der Waals surface area contributed by atoms with E-state index in [2.05, 4.69) is 79.7 Å². The van der Waals surface area contributed by atoms with Gasteiger partial charge in [-0.05, 0) is 60.5 Å². The van der Waals surface area contributed by atoms with Crippen molar-refractivity contribution in [3.63, 3.8) is 0 Å². The lowest BCUT2D eigenvalue weighted by Gasteiger charge is -2.45. The minimum atomic E-state index is -0.578. The summed E-state index contributed by atoms with van der Waals surface area (Å²) < 4.78 is -0.714. The van der Waals surface area contributed by atoms with E-state index in [-0.39, 0.29) is 9.49 Å². The van der Waals surface area contributed by atoms with Crippen molar-refractivity contribution in [3.05, 3.63) is 71.8 Å². The molecule has 0 aliphatic carbocycles. The van der Waals surface area contributed by atoms with E-state index in [4.69, 9.17) is 0 Å². The van der Waals surface area contributed by atoms with Crippen molar-refractivity contribution < 1.29 is 10.2 Å². The second-order valence-corrected chi connectivity index (χ2v) is 15.3. The molecule has 0 heterocycles. The number of hydrogen-bond donors (Lipinski definition) is 2. The van der Waals surface area contributed by atoms with Crippen molar-refractivity contribution in [2.24, 2.45) is 23.7 Å². The fraction of sp³-hybridized carbons (Fsp3) is 0.625. The third-order valence-corrected chi connectivity index (χ3v) is 10.7. The molecular weight excluding hydrogens is 480 g/mol. The van der Waals surface area contributed by atoms with Crippen LogP contribution in [0, 0.1) is 23.7 Å². The van der Waals surface area contributed by atoms with Crippen molar-refractivity contribution in [2.45, 2.75) is 103 Å². The molecule has 2 rings (SSSR count). The standard InChI is InChI=1S/C32H50O2S2/c1-23(2)19-31(20-24(3)4,29(33)27-15-11-9-12-16-27)35-36-32(21-25(5)6,22-26(7)8)30(34)28-17-13-10-14-18-28/h9-18,23-26,29-30,33-34H,19-22H2,1-8H3. The monoisotopic (exact) mass is 530 g/mol. The Kier molecular flexibility index (Phi) is 12.4. The van der Waals surface area contributed by atoms with Crippen LogP contribution in [0.3, 0.4) is 0 Å². The molecule has 4 heteroatoms. The average molecular weight is 531 g/mol. The number of rotatable bonds is 15. The molecule has 0 aromatic heterocycles. The minimum absolute atomic E-state index is 0.357. The molecule has 2 nitrogen and oxygen atoms in total. The first-order chi connectivity index (χ1) is 16.9. The summed E-state index contributed by atoms with van der Waals surface area (Å²) in [5, 5.41) is 23.9. The van der Waals surface area contributed by atoms with Crippen LogP contribution >= 0.6 is 21.6 Å². The Morgan fingerprint density at radius 1 is 0.500 bits per heavy atom. The highest BCUT2D eigenvalue weighted by Gasteiger charge is 2.47. The second-order valence-electron chi connectivity index (χ2n) is 12.3. The lowest BCUT2D eigenvalue weighted by Crippen LogP contribution is -2.39. The van der Waals surface area contributed by atoms with Gasteiger partial charge in [-0.2, -0.15) is 0 Å². The van der Waals surface area contributed by atoms with Gasteiger partial charge in [0.05, 0.1) is 21.7 Å². The Labute approximate surface area is 229 Å². The minimum Gasteiger partial charge on any atom is -0.387 e. The topological polar surface area (TPSA) is 40.5 Å². The number of benzene rings is 2. The molecule has 0 saturated carbocycles. The molecule has 0 radical (unpaired) electrons. The summed E-state index contributed by atoms with van der Waals surface area (Å²) >= 11 is 0. The molecule has 0 fully saturated rings. The number of aliphatic hydroxyl groups is 2. The number of aliphatic hydroxyl groups excluding tert-OH is 2. The maximum Gasteiger partial charge on any atom is 0.0945 e. The van der Waals surface area contributed by atoms with E-state index in [0.29, 0.717) is 23.7 Å². The fourth-order valence-electron chi connectivity index (χ4n) is 5.65. The highest BCUT2D eigenvalue weighted by molar-refractivity contribution is 8.77. The van der Waals surface area contributed by atoms with Gasteiger partial charge in [0, 0.05) is 0 Å². The Hall–Kier alpha value is -0.940. The Bertz CT molecular complexity index is 771. The normalized spacial score (nSPS) is 14.7. The Morgan fingerprint density at radius 3 is 0.972 bits per heavy atom. The van der Waals surface area contributed by atoms with Crippen LogP contribution in [-0.4, -0.2) is 19.7 Å². The summed E-state index contributed by atoms with van der Waals surface area (Å²) in [6.45, 7) is 18.1. The van der Waals surface area contributed by atoms with Crippen LogP contribution in [0.15, 0.2) is 60.7 Å². The van der Waals surface area contributed by atoms with Crippen LogP contribution in [0.2, 0.25) is 0 Å². The Balaban J connectivity index is 2.58. The predicted octanol–water partition coefficient (Wildman–Crippen LogP) is 9.50. The smallest absolute Gasteiger partial charge is 0.0945 e. The molecule has 0 spiro atoms. The molecule has 2 atom stereocenters. The maximum absolute atomic E-state index is 11.9. The van der Waals surface area contributed by atoms with Gasteiger partial charge in [0.15, 0.2) is 0 Å². The molecule has 0 amide bonds. The van der Waals surface area contributed by atoms with Crippen LogP contribution in [0.4, 0.5) is 0 Å². The van der Waals surface area contributed by atoms with E-state index in [0.717, 1.165) is 36.8 Å². The molecule has 2 aromatic rings. The van der Waals surface area contributed by atoms with E-state index < -0.39 is 12.2 Å². The van der Waals surface area contributed by atoms with Gasteiger partial charge in [-0.15, -0.1) is 0 Å². The average Bonchev–Trinajstić information content (AvgIpc) is 2.81. The van der Waals surface area contributed by atoms with Crippen molar-refractivity contribution in [2.75, 3.05) is 0 Å². The molecule has 0 aliphatic heterocycles. The van der Waals surface area contributed by atoms with E-state index in [1.165, 1.54) is 0 Å². The first kappa shape index (κ1) is 31.3. The zero-order valence-electron chi connectivity index (χ0n) is 23.8. The SMILES string of the molecule is CC(C)CC(CC(C)C)(SSC(CC(C)C)(CC(C)C)C(O)c1ccccc1)C(O)c1ccccc1. The van der Waals surface area contributed by atoms with Crippen molar-refractivity contribution >= 4 is 21.6 Å². The Morgan fingerprint density at radius 2 is 0.750 bits per heavy atom. The zero-order chi connectivity index (χ0) is 26.9. The lowest BCUT2D eigenvalue weighted by molar-refractivity contribution is 0.103. The zero-order valence-corrected chi connectivity index (χ0v) is 25.4. The second kappa shape index (κ2) is 14.3. The first-order valence-electron chi connectivity index (χ1n) is 13.7. The maximum atomic E-state index is 11.9. The first-order valence-corrected chi connectivity index (χ1v) is 15.9. The van der Waals surface area contributed by atoms with Gasteiger partial charge >= 0.3 is 0 Å². The van der Waals surface area contributed by atoms with Gasteiger partial charge in [-0.3, -0.25) is 0 Å². The molecule has 2 N–H and O–H groups in total. The van der Waals surface area contributed by atoms with Gasteiger partial charge in [0.25, 0.3) is 0 Å². The van der Waals surface area contributed by atoms with Gasteiger partial charge in [-0.1, -0.05) is 138 Å². The summed E-state index contributed by atoms with van der Waals surface area (Å²) in [7, 11) is 3.70. The van der Waals surface area contributed by atoms with Gasteiger partial charge in [-0.25, -0.2) is 0 Å². The molecular formula is C32H50O2S2. The van der Waals surface area contributed by atoms with Crippen molar-refractivity contribution in [1.29, 1.82) is 0 Å². The highest BCUT2D eigenvalue weighted by Crippen LogP contribution is 2.60. The molecule has 2 aromatic carbocycles. The summed E-state index contributed by atoms with van der Waals surface area (Å²) in [5.41, 5.74) is 1.96. The molecule has 0 saturated heterocycles. The molecule has 0 aliphatic rings. The van der Waals surface area contributed by atoms with E-state index >= 15 is 0 Å². The molecule has 36 heavy (non-hydrogen) atoms. The van der Waals surface area contributed by atoms with Crippen LogP contribution in [0.1, 0.15) is 104 Å². The quantitative estimate of drug-likeness (QED) is 0.225. The van der Waals surface area contributed by atoms with Crippen LogP contribution in [0.25, 0.3) is 0 Å². The molecule has 2 unspecified atom stereocenters. The van der Waals surface area contributed by atoms with Gasteiger partial charge in [0.2, 0.25) is 0 Å². The third-order valence-electron chi connectivity index (χ3n) is 6.62. The van der Waals surface area contributed by atoms with Gasteiger partial charge < -0.3 is 10.2 Å². The van der Waals surface area contributed by atoms with E-state index in [9.17, 15) is 10.2 Å². The third kappa shape index (κ3) is 8.82. The van der Waals surface area contributed by atoms with Crippen LogP contribution < -0.4 is 0 Å². The molecule has 202 valence electrons. The summed E-state index contributed by atoms with van der Waals surface area (Å²) in [5.74, 6) is 1.77. The van der Waals surface area contributed by atoms with Gasteiger partial charge in [0.1, 0.15) is 0 Å². The predicted molar refractivity (Wildman–Crippen MR) is 161 cm³/mol. The fourth-order valence-corrected chi connectivity index (χ4v) is 10.4. The van der Waals surface area contributed by atoms with Crippen LogP contribution in [-0.2, 0) is 0 Å². The van der Waals surface area contributed by atoms with E-state index in [1.54, 1.807) is 0 Å². The van der Waals surface area contributed by atoms with Crippen LogP contribution in [0.5, 0.6) is 0 Å². The van der Waals surface area contributed by atoms with E-state index in [1.807, 2.05) is 58.0 Å². The van der Waals surface area contributed by atoms with Crippen molar-refractivity contribution in [3.8, 4) is 0 Å². The summed E-state index contributed by atoms with van der Waals surface area (Å²) in [6, 6.07) is 20.3. The molecule has 0 bridgehead atoms.